The summed E-state index contributed by atoms with van der Waals surface area (Å²) in [6.07, 6.45) is 0. The molecule has 0 aliphatic carbocycles. The predicted octanol–water partition coefficient (Wildman–Crippen LogP) is 4.32. The topological polar surface area (TPSA) is 44.8 Å². The van der Waals surface area contributed by atoms with Crippen molar-refractivity contribution in [3.8, 4) is 5.75 Å². The Balaban J connectivity index is 1.60. The molecule has 26 heavy (non-hydrogen) atoms. The van der Waals surface area contributed by atoms with E-state index < -0.39 is 0 Å². The number of halogens is 1. The average Bonchev–Trinajstić information content (AvgIpc) is 2.64. The van der Waals surface area contributed by atoms with Gasteiger partial charge in [-0.25, -0.2) is 4.79 Å². The number of piperazine rings is 1. The molecule has 1 aliphatic heterocycles. The van der Waals surface area contributed by atoms with E-state index in [0.717, 1.165) is 35.6 Å². The van der Waals surface area contributed by atoms with Crippen LogP contribution < -0.4 is 15.0 Å². The Morgan fingerprint density at radius 2 is 1.81 bits per heavy atom. The van der Waals surface area contributed by atoms with E-state index in [1.807, 2.05) is 55.1 Å². The fourth-order valence-corrected chi connectivity index (χ4v) is 3.34. The number of urea groups is 1. The Kier molecular flexibility index (Phi) is 5.57. The number of ether oxygens (including phenoxy) is 1. The Bertz CT molecular complexity index is 802. The van der Waals surface area contributed by atoms with Gasteiger partial charge in [-0.05, 0) is 49.2 Å². The second-order valence-electron chi connectivity index (χ2n) is 6.54. The van der Waals surface area contributed by atoms with Crippen LogP contribution in [-0.4, -0.2) is 44.2 Å². The lowest BCUT2D eigenvalue weighted by molar-refractivity contribution is 0.208. The number of carbonyl (C=O) groups excluding carboxylic acids is 1. The highest BCUT2D eigenvalue weighted by Gasteiger charge is 2.22. The van der Waals surface area contributed by atoms with Gasteiger partial charge in [0.2, 0.25) is 0 Å². The van der Waals surface area contributed by atoms with Crippen molar-refractivity contribution in [1.29, 1.82) is 0 Å². The molecule has 1 N–H and O–H groups in total. The molecule has 0 saturated carbocycles. The quantitative estimate of drug-likeness (QED) is 0.871. The van der Waals surface area contributed by atoms with Crippen molar-refractivity contribution in [2.45, 2.75) is 13.8 Å². The summed E-state index contributed by atoms with van der Waals surface area (Å²) in [5, 5.41) is 3.63. The third-order valence-corrected chi connectivity index (χ3v) is 5.00. The first kappa shape index (κ1) is 18.4. The molecule has 0 aromatic heterocycles. The van der Waals surface area contributed by atoms with E-state index in [1.165, 1.54) is 0 Å². The molecule has 1 aliphatic rings. The fraction of sp³-hybridized carbons (Fsp3) is 0.350. The van der Waals surface area contributed by atoms with Crippen LogP contribution in [0.1, 0.15) is 11.1 Å². The van der Waals surface area contributed by atoms with Crippen LogP contribution in [0.3, 0.4) is 0 Å². The number of hydrogen-bond donors (Lipinski definition) is 1. The Morgan fingerprint density at radius 3 is 2.46 bits per heavy atom. The van der Waals surface area contributed by atoms with Crippen molar-refractivity contribution < 1.29 is 9.53 Å². The van der Waals surface area contributed by atoms with Gasteiger partial charge in [0, 0.05) is 37.6 Å². The minimum absolute atomic E-state index is 0.0499. The molecule has 2 amide bonds. The largest absolute Gasteiger partial charge is 0.495 e. The molecule has 2 aromatic rings. The van der Waals surface area contributed by atoms with E-state index in [1.54, 1.807) is 7.11 Å². The van der Waals surface area contributed by atoms with E-state index in [4.69, 9.17) is 16.3 Å². The first-order valence-electron chi connectivity index (χ1n) is 8.69. The number of nitrogens with zero attached hydrogens (tertiary/aromatic N) is 2. The molecule has 0 radical (unpaired) electrons. The lowest BCUT2D eigenvalue weighted by atomic mass is 10.1. The van der Waals surface area contributed by atoms with Crippen LogP contribution in [0.4, 0.5) is 16.2 Å². The number of hydrogen-bond acceptors (Lipinski definition) is 3. The number of benzene rings is 2. The first-order chi connectivity index (χ1) is 12.5. The van der Waals surface area contributed by atoms with Gasteiger partial charge in [0.25, 0.3) is 0 Å². The summed E-state index contributed by atoms with van der Waals surface area (Å²) in [5.74, 6) is 0.668. The first-order valence-corrected chi connectivity index (χ1v) is 9.07. The zero-order chi connectivity index (χ0) is 18.7. The second kappa shape index (κ2) is 7.87. The van der Waals surface area contributed by atoms with Gasteiger partial charge in [0.05, 0.1) is 12.1 Å². The van der Waals surface area contributed by atoms with Crippen molar-refractivity contribution in [1.82, 2.24) is 4.90 Å². The number of anilines is 2. The van der Waals surface area contributed by atoms with Crippen molar-refractivity contribution in [2.75, 3.05) is 43.5 Å². The summed E-state index contributed by atoms with van der Waals surface area (Å²) in [7, 11) is 1.61. The summed E-state index contributed by atoms with van der Waals surface area (Å²) in [6.45, 7) is 6.89. The van der Waals surface area contributed by atoms with Gasteiger partial charge in [0.15, 0.2) is 0 Å². The van der Waals surface area contributed by atoms with Crippen LogP contribution in [0.25, 0.3) is 0 Å². The number of carbonyl (C=O) groups is 1. The number of nitrogens with one attached hydrogen (secondary N) is 1. The van der Waals surface area contributed by atoms with Crippen LogP contribution in [0.5, 0.6) is 5.75 Å². The van der Waals surface area contributed by atoms with E-state index in [0.29, 0.717) is 23.9 Å². The lowest BCUT2D eigenvalue weighted by Gasteiger charge is -2.36. The molecule has 6 heteroatoms. The molecular formula is C20H24ClN3O2. The molecule has 1 heterocycles. The maximum atomic E-state index is 12.6. The number of methoxy groups -OCH3 is 1. The third-order valence-electron chi connectivity index (χ3n) is 4.70. The average molecular weight is 374 g/mol. The van der Waals surface area contributed by atoms with Crippen molar-refractivity contribution in [2.24, 2.45) is 0 Å². The summed E-state index contributed by atoms with van der Waals surface area (Å²) in [6, 6.07) is 11.8. The van der Waals surface area contributed by atoms with Gasteiger partial charge in [-0.3, -0.25) is 0 Å². The molecule has 0 atom stereocenters. The smallest absolute Gasteiger partial charge is 0.321 e. The van der Waals surface area contributed by atoms with Gasteiger partial charge < -0.3 is 19.9 Å². The van der Waals surface area contributed by atoms with Gasteiger partial charge in [-0.2, -0.15) is 0 Å². The van der Waals surface area contributed by atoms with Crippen LogP contribution in [0.2, 0.25) is 5.02 Å². The van der Waals surface area contributed by atoms with E-state index >= 15 is 0 Å². The Labute approximate surface area is 159 Å². The number of aryl methyl sites for hydroxylation is 2. The maximum absolute atomic E-state index is 12.6. The maximum Gasteiger partial charge on any atom is 0.321 e. The molecule has 1 saturated heterocycles. The van der Waals surface area contributed by atoms with Gasteiger partial charge in [-0.15, -0.1) is 0 Å². The van der Waals surface area contributed by atoms with E-state index in [2.05, 4.69) is 10.2 Å². The van der Waals surface area contributed by atoms with Gasteiger partial charge in [0.1, 0.15) is 5.75 Å². The van der Waals surface area contributed by atoms with Crippen LogP contribution >= 0.6 is 11.6 Å². The highest BCUT2D eigenvalue weighted by atomic mass is 35.5. The summed E-state index contributed by atoms with van der Waals surface area (Å²) in [4.78, 5) is 16.7. The highest BCUT2D eigenvalue weighted by molar-refractivity contribution is 6.32. The molecule has 138 valence electrons. The van der Waals surface area contributed by atoms with E-state index in [-0.39, 0.29) is 6.03 Å². The molecule has 0 unspecified atom stereocenters. The molecular weight excluding hydrogens is 350 g/mol. The van der Waals surface area contributed by atoms with Crippen LogP contribution in [-0.2, 0) is 0 Å². The third kappa shape index (κ3) is 4.05. The van der Waals surface area contributed by atoms with Gasteiger partial charge >= 0.3 is 6.03 Å². The monoisotopic (exact) mass is 373 g/mol. The molecule has 0 spiro atoms. The standard InChI is InChI=1S/C20H24ClN3O2/c1-14-4-5-15(2)18(12-14)22-20(25)24-10-8-23(9-11-24)16-6-7-19(26-3)17(21)13-16/h4-7,12-13H,8-11H2,1-3H3,(H,22,25). The molecule has 3 rings (SSSR count). The van der Waals surface area contributed by atoms with Crippen LogP contribution in [0.15, 0.2) is 36.4 Å². The predicted molar refractivity (Wildman–Crippen MR) is 107 cm³/mol. The summed E-state index contributed by atoms with van der Waals surface area (Å²) in [5.41, 5.74) is 4.12. The van der Waals surface area contributed by atoms with E-state index in [9.17, 15) is 4.79 Å². The second-order valence-corrected chi connectivity index (χ2v) is 6.95. The summed E-state index contributed by atoms with van der Waals surface area (Å²) < 4.78 is 5.20. The SMILES string of the molecule is COc1ccc(N2CCN(C(=O)Nc3cc(C)ccc3C)CC2)cc1Cl. The normalized spacial score (nSPS) is 14.3. The minimum Gasteiger partial charge on any atom is -0.495 e. The minimum atomic E-state index is -0.0499. The van der Waals surface area contributed by atoms with Crippen LogP contribution in [0, 0.1) is 13.8 Å². The molecule has 0 bridgehead atoms. The zero-order valence-electron chi connectivity index (χ0n) is 15.4. The van der Waals surface area contributed by atoms with Crippen molar-refractivity contribution in [3.05, 3.63) is 52.5 Å². The molecule has 5 nitrogen and oxygen atoms in total. The van der Waals surface area contributed by atoms with Crippen molar-refractivity contribution in [3.63, 3.8) is 0 Å². The lowest BCUT2D eigenvalue weighted by Crippen LogP contribution is -2.50. The van der Waals surface area contributed by atoms with Gasteiger partial charge in [-0.1, -0.05) is 23.7 Å². The fourth-order valence-electron chi connectivity index (χ4n) is 3.08. The molecule has 1 fully saturated rings. The Hall–Kier alpha value is -2.40. The number of rotatable bonds is 3. The highest BCUT2D eigenvalue weighted by Crippen LogP contribution is 2.29. The zero-order valence-corrected chi connectivity index (χ0v) is 16.1. The number of amides is 2. The Morgan fingerprint density at radius 1 is 1.08 bits per heavy atom. The van der Waals surface area contributed by atoms with Crippen molar-refractivity contribution >= 4 is 29.0 Å². The molecule has 2 aromatic carbocycles. The summed E-state index contributed by atoms with van der Waals surface area (Å²) >= 11 is 6.22.